The molecule has 330 valence electrons. The second-order valence-electron chi connectivity index (χ2n) is 17.5. The first-order chi connectivity index (χ1) is 30.4. The number of allylic oxidation sites excluding steroid dienone is 2. The highest BCUT2D eigenvalue weighted by Crippen LogP contribution is 2.59. The number of nitrogens with zero attached hydrogens (tertiary/aromatic N) is 1. The molecule has 2 bridgehead atoms. The van der Waals surface area contributed by atoms with Crippen molar-refractivity contribution in [1.82, 2.24) is 4.90 Å². The third kappa shape index (κ3) is 9.85. The second kappa shape index (κ2) is 19.7. The van der Waals surface area contributed by atoms with E-state index in [1.165, 1.54) is 5.57 Å². The molecule has 1 fully saturated rings. The third-order valence-electron chi connectivity index (χ3n) is 13.6. The van der Waals surface area contributed by atoms with E-state index < -0.39 is 17.1 Å². The lowest BCUT2D eigenvalue weighted by Gasteiger charge is -2.46. The van der Waals surface area contributed by atoms with E-state index in [1.54, 1.807) is 45.5 Å². The van der Waals surface area contributed by atoms with Gasteiger partial charge in [0, 0.05) is 34.7 Å². The fourth-order valence-corrected chi connectivity index (χ4v) is 9.81. The van der Waals surface area contributed by atoms with Gasteiger partial charge in [-0.25, -0.2) is 0 Å². The molecule has 1 saturated carbocycles. The highest BCUT2D eigenvalue weighted by atomic mass is 16.5. The summed E-state index contributed by atoms with van der Waals surface area (Å²) in [5, 5.41) is 24.5. The quantitative estimate of drug-likeness (QED) is 0.0890. The molecule has 5 aromatic carbocycles. The van der Waals surface area contributed by atoms with Crippen LogP contribution in [-0.2, 0) is 24.2 Å². The summed E-state index contributed by atoms with van der Waals surface area (Å²) in [6.07, 6.45) is 5.82. The lowest BCUT2D eigenvalue weighted by Crippen LogP contribution is -2.53. The molecule has 8 rings (SSSR count). The van der Waals surface area contributed by atoms with Crippen LogP contribution in [0.25, 0.3) is 11.1 Å². The Kier molecular flexibility index (Phi) is 14.1. The van der Waals surface area contributed by atoms with Crippen LogP contribution in [0, 0.1) is 5.41 Å². The van der Waals surface area contributed by atoms with Crippen LogP contribution < -0.4 is 18.9 Å². The lowest BCUT2D eigenvalue weighted by atomic mass is 9.64. The highest BCUT2D eigenvalue weighted by Gasteiger charge is 2.57. The smallest absolute Gasteiger partial charge is 0.227 e. The van der Waals surface area contributed by atoms with Gasteiger partial charge in [-0.1, -0.05) is 91.4 Å². The molecule has 0 saturated heterocycles. The van der Waals surface area contributed by atoms with Crippen molar-refractivity contribution in [2.75, 3.05) is 35.0 Å². The zero-order chi connectivity index (χ0) is 44.7. The van der Waals surface area contributed by atoms with Gasteiger partial charge in [0.2, 0.25) is 5.91 Å². The van der Waals surface area contributed by atoms with Crippen molar-refractivity contribution in [3.63, 3.8) is 0 Å². The normalized spacial score (nSPS) is 21.1. The van der Waals surface area contributed by atoms with E-state index in [0.717, 1.165) is 39.8 Å². The first kappa shape index (κ1) is 45.1. The largest absolute Gasteiger partial charge is 0.497 e. The van der Waals surface area contributed by atoms with Gasteiger partial charge in [-0.2, -0.15) is 0 Å². The molecule has 0 radical (unpaired) electrons. The van der Waals surface area contributed by atoms with Crippen LogP contribution in [0.3, 0.4) is 0 Å². The van der Waals surface area contributed by atoms with Crippen LogP contribution >= 0.6 is 0 Å². The van der Waals surface area contributed by atoms with E-state index in [0.29, 0.717) is 72.6 Å². The summed E-state index contributed by atoms with van der Waals surface area (Å²) in [5.41, 5.74) is 5.61. The Balaban J connectivity index is 1.29. The number of fused-ring (bicyclic) bond motifs is 8. The number of ether oxygens (including phenoxy) is 4. The fourth-order valence-electron chi connectivity index (χ4n) is 9.81. The van der Waals surface area contributed by atoms with Crippen LogP contribution in [-0.4, -0.2) is 73.5 Å². The predicted octanol–water partition coefficient (Wildman–Crippen LogP) is 9.93. The average Bonchev–Trinajstić information content (AvgIpc) is 3.56. The van der Waals surface area contributed by atoms with Crippen LogP contribution in [0.15, 0.2) is 121 Å². The second-order valence-corrected chi connectivity index (χ2v) is 17.5. The van der Waals surface area contributed by atoms with E-state index >= 15 is 0 Å². The molecule has 0 aromatic heterocycles. The Morgan fingerprint density at radius 2 is 1.49 bits per heavy atom. The number of hydrogen-bond acceptors (Lipinski definition) is 8. The number of carbonyl (C=O) groups is 2. The van der Waals surface area contributed by atoms with Crippen LogP contribution in [0.2, 0.25) is 0 Å². The lowest BCUT2D eigenvalue weighted by molar-refractivity contribution is -0.140. The number of hydrogen-bond donors (Lipinski definition) is 2. The maximum Gasteiger partial charge on any atom is 0.227 e. The SMILES string of the molecule is COc1ccc(CN(C[C@]2(O)CC[C@H]3c4ccc(cc4C(=O)c4ccc(-c5ccccc5)cc4)C[C@@H](O)CCC(C)=CCC[C@@]32C)C(=O)Cc2ccc(OC)c(OC)c2)c(OC)c1. The summed E-state index contributed by atoms with van der Waals surface area (Å²) in [4.78, 5) is 31.3. The summed E-state index contributed by atoms with van der Waals surface area (Å²) in [5.74, 6) is 1.80. The minimum atomic E-state index is -1.35. The van der Waals surface area contributed by atoms with E-state index in [4.69, 9.17) is 18.9 Å². The molecule has 3 aliphatic rings. The molecule has 4 atom stereocenters. The fraction of sp³-hybridized carbons (Fsp3) is 0.370. The van der Waals surface area contributed by atoms with Crippen molar-refractivity contribution < 1.29 is 38.7 Å². The highest BCUT2D eigenvalue weighted by molar-refractivity contribution is 6.10. The molecular formula is C54H61NO8. The molecule has 9 nitrogen and oxygen atoms in total. The molecule has 5 aromatic rings. The van der Waals surface area contributed by atoms with Gasteiger partial charge >= 0.3 is 0 Å². The summed E-state index contributed by atoms with van der Waals surface area (Å²) < 4.78 is 22.3. The molecule has 1 amide bonds. The van der Waals surface area contributed by atoms with Gasteiger partial charge in [0.25, 0.3) is 0 Å². The maximum absolute atomic E-state index is 14.8. The van der Waals surface area contributed by atoms with E-state index in [-0.39, 0.29) is 37.1 Å². The minimum absolute atomic E-state index is 0.0541. The summed E-state index contributed by atoms with van der Waals surface area (Å²) in [7, 11) is 6.34. The van der Waals surface area contributed by atoms with Crippen LogP contribution in [0.1, 0.15) is 96.5 Å². The molecule has 0 heterocycles. The molecule has 0 aliphatic heterocycles. The number of benzene rings is 5. The minimum Gasteiger partial charge on any atom is -0.497 e. The molecule has 0 unspecified atom stereocenters. The topological polar surface area (TPSA) is 115 Å². The maximum atomic E-state index is 14.8. The van der Waals surface area contributed by atoms with Crippen LogP contribution in [0.5, 0.6) is 23.0 Å². The summed E-state index contributed by atoms with van der Waals surface area (Å²) >= 11 is 0. The number of ketones is 1. The van der Waals surface area contributed by atoms with Crippen LogP contribution in [0.4, 0.5) is 0 Å². The Bertz CT molecular complexity index is 2430. The van der Waals surface area contributed by atoms with Gasteiger partial charge in [-0.3, -0.25) is 9.59 Å². The number of aliphatic hydroxyl groups is 2. The Morgan fingerprint density at radius 3 is 2.21 bits per heavy atom. The van der Waals surface area contributed by atoms with Gasteiger partial charge in [-0.05, 0) is 116 Å². The average molecular weight is 852 g/mol. The molecular weight excluding hydrogens is 791 g/mol. The van der Waals surface area contributed by atoms with Crippen molar-refractivity contribution in [2.24, 2.45) is 5.41 Å². The van der Waals surface area contributed by atoms with Gasteiger partial charge in [-0.15, -0.1) is 0 Å². The Labute approximate surface area is 372 Å². The molecule has 0 spiro atoms. The Hall–Kier alpha value is -5.90. The van der Waals surface area contributed by atoms with Gasteiger partial charge in [0.15, 0.2) is 17.3 Å². The van der Waals surface area contributed by atoms with Gasteiger partial charge < -0.3 is 34.1 Å². The zero-order valence-electron chi connectivity index (χ0n) is 37.5. The zero-order valence-corrected chi connectivity index (χ0v) is 37.5. The number of amides is 1. The number of rotatable bonds is 13. The third-order valence-corrected chi connectivity index (χ3v) is 13.6. The molecule has 9 heteroatoms. The van der Waals surface area contributed by atoms with Crippen molar-refractivity contribution in [2.45, 2.75) is 89.4 Å². The standard InChI is InChI=1S/C54H61NO8/c1-36-11-10-27-53(2)47(45-24-15-37(29-43(56)22-14-36)30-46(45)52(58)41-19-17-40(18-20-41)39-12-8-7-9-13-39)26-28-54(53,59)35-55(34-42-21-23-44(60-3)33-49(42)62-5)51(57)32-38-16-25-48(61-4)50(31-38)63-6/h7-9,11-13,15-21,23-25,30-31,33,43,47,56,59H,10,14,22,26-29,32,34-35H2,1-6H3/t43-,47-,53-,54+/m0/s1. The van der Waals surface area contributed by atoms with E-state index in [9.17, 15) is 19.8 Å². The number of methoxy groups -OCH3 is 4. The Morgan fingerprint density at radius 1 is 0.762 bits per heavy atom. The van der Waals surface area contributed by atoms with Gasteiger partial charge in [0.1, 0.15) is 11.5 Å². The van der Waals surface area contributed by atoms with Gasteiger partial charge in [0.05, 0.1) is 53.1 Å². The van der Waals surface area contributed by atoms with Crippen molar-refractivity contribution >= 4 is 11.7 Å². The molecule has 3 aliphatic carbocycles. The van der Waals surface area contributed by atoms with Crippen molar-refractivity contribution in [3.05, 3.63) is 154 Å². The predicted molar refractivity (Wildman–Crippen MR) is 247 cm³/mol. The van der Waals surface area contributed by atoms with E-state index in [2.05, 4.69) is 38.1 Å². The van der Waals surface area contributed by atoms with Crippen molar-refractivity contribution in [3.8, 4) is 34.1 Å². The van der Waals surface area contributed by atoms with E-state index in [1.807, 2.05) is 78.9 Å². The first-order valence-electron chi connectivity index (χ1n) is 22.0. The first-order valence-corrected chi connectivity index (χ1v) is 22.0. The summed E-state index contributed by atoms with van der Waals surface area (Å²) in [6, 6.07) is 34.9. The monoisotopic (exact) mass is 851 g/mol. The summed E-state index contributed by atoms with van der Waals surface area (Å²) in [6.45, 7) is 4.48. The molecule has 63 heavy (non-hydrogen) atoms. The molecule has 2 N–H and O–H groups in total. The number of aliphatic hydroxyl groups excluding tert-OH is 1. The van der Waals surface area contributed by atoms with Crippen molar-refractivity contribution in [1.29, 1.82) is 0 Å². The number of carbonyl (C=O) groups excluding carboxylic acids is 2.